The van der Waals surface area contributed by atoms with Crippen LogP contribution in [0.3, 0.4) is 0 Å². The number of nitrogens with zero attached hydrogens (tertiary/aromatic N) is 1. The van der Waals surface area contributed by atoms with Gasteiger partial charge in [-0.3, -0.25) is 0 Å². The fraction of sp³-hybridized carbons (Fsp3) is 1.00. The van der Waals surface area contributed by atoms with Crippen molar-refractivity contribution in [2.24, 2.45) is 5.41 Å². The van der Waals surface area contributed by atoms with Gasteiger partial charge in [0, 0.05) is 6.04 Å². The fourth-order valence-corrected chi connectivity index (χ4v) is 1.96. The zero-order chi connectivity index (χ0) is 10.5. The molecule has 13 heavy (non-hydrogen) atoms. The topological polar surface area (TPSA) is 3.24 Å². The van der Waals surface area contributed by atoms with Crippen LogP contribution in [0.4, 0.5) is 0 Å². The predicted molar refractivity (Wildman–Crippen MR) is 61.1 cm³/mol. The molecule has 1 nitrogen and oxygen atoms in total. The van der Waals surface area contributed by atoms with Crippen LogP contribution in [0.2, 0.25) is 0 Å². The zero-order valence-corrected chi connectivity index (χ0v) is 10.4. The molecule has 0 aromatic rings. The highest BCUT2D eigenvalue weighted by molar-refractivity contribution is 4.84. The lowest BCUT2D eigenvalue weighted by atomic mass is 9.75. The first-order valence-electron chi connectivity index (χ1n) is 5.78. The molecule has 0 saturated carbocycles. The lowest BCUT2D eigenvalue weighted by Crippen LogP contribution is -2.42. The highest BCUT2D eigenvalue weighted by Gasteiger charge is 2.30. The van der Waals surface area contributed by atoms with Crippen LogP contribution in [0.5, 0.6) is 0 Å². The quantitative estimate of drug-likeness (QED) is 0.604. The number of rotatable bonds is 1. The molecule has 1 heteroatoms. The van der Waals surface area contributed by atoms with Gasteiger partial charge < -0.3 is 4.90 Å². The van der Waals surface area contributed by atoms with Crippen LogP contribution in [-0.2, 0) is 0 Å². The van der Waals surface area contributed by atoms with Crippen molar-refractivity contribution in [3.05, 3.63) is 0 Å². The maximum Gasteiger partial charge on any atom is 0.00690 e. The minimum Gasteiger partial charge on any atom is -0.304 e. The summed E-state index contributed by atoms with van der Waals surface area (Å²) < 4.78 is 0. The van der Waals surface area contributed by atoms with Crippen LogP contribution in [0, 0.1) is 5.41 Å². The molecule has 0 aromatic carbocycles. The predicted octanol–water partition coefficient (Wildman–Crippen LogP) is 3.54. The number of hydrogen-bond donors (Lipinski definition) is 0. The summed E-state index contributed by atoms with van der Waals surface area (Å²) in [5.74, 6) is 0. The van der Waals surface area contributed by atoms with Gasteiger partial charge in [0.25, 0.3) is 0 Å². The van der Waals surface area contributed by atoms with Crippen molar-refractivity contribution in [1.82, 2.24) is 4.90 Å². The third-order valence-corrected chi connectivity index (χ3v) is 3.46. The molecule has 1 rings (SSSR count). The van der Waals surface area contributed by atoms with Crippen LogP contribution < -0.4 is 0 Å². The molecule has 0 aromatic heterocycles. The van der Waals surface area contributed by atoms with Crippen LogP contribution in [-0.4, -0.2) is 24.5 Å². The molecule has 2 atom stereocenters. The Kier molecular flexibility index (Phi) is 5.62. The van der Waals surface area contributed by atoms with Gasteiger partial charge in [-0.15, -0.1) is 0 Å². The molecular weight excluding hydrogens is 158 g/mol. The van der Waals surface area contributed by atoms with E-state index in [1.54, 1.807) is 0 Å². The van der Waals surface area contributed by atoms with E-state index in [9.17, 15) is 0 Å². The monoisotopic (exact) mass is 185 g/mol. The van der Waals surface area contributed by atoms with Crippen LogP contribution in [0.15, 0.2) is 0 Å². The van der Waals surface area contributed by atoms with Crippen molar-refractivity contribution >= 4 is 0 Å². The van der Waals surface area contributed by atoms with E-state index in [1.807, 2.05) is 13.8 Å². The summed E-state index contributed by atoms with van der Waals surface area (Å²) in [5.41, 5.74) is 0.631. The fourth-order valence-electron chi connectivity index (χ4n) is 1.96. The lowest BCUT2D eigenvalue weighted by Gasteiger charge is -2.41. The van der Waals surface area contributed by atoms with Gasteiger partial charge in [0.05, 0.1) is 0 Å². The van der Waals surface area contributed by atoms with Crippen LogP contribution >= 0.6 is 0 Å². The van der Waals surface area contributed by atoms with E-state index in [1.165, 1.54) is 25.8 Å². The van der Waals surface area contributed by atoms with Crippen molar-refractivity contribution in [3.63, 3.8) is 0 Å². The lowest BCUT2D eigenvalue weighted by molar-refractivity contribution is 0.0866. The van der Waals surface area contributed by atoms with Gasteiger partial charge in [0.1, 0.15) is 0 Å². The summed E-state index contributed by atoms with van der Waals surface area (Å²) in [5, 5.41) is 0. The van der Waals surface area contributed by atoms with E-state index in [4.69, 9.17) is 0 Å². The van der Waals surface area contributed by atoms with Crippen molar-refractivity contribution in [1.29, 1.82) is 0 Å². The van der Waals surface area contributed by atoms with Crippen LogP contribution in [0.25, 0.3) is 0 Å². The second-order valence-corrected chi connectivity index (χ2v) is 4.45. The Morgan fingerprint density at radius 2 is 1.92 bits per heavy atom. The molecule has 0 N–H and O–H groups in total. The highest BCUT2D eigenvalue weighted by Crippen LogP contribution is 2.36. The molecular formula is C12H27N. The summed E-state index contributed by atoms with van der Waals surface area (Å²) in [4.78, 5) is 2.47. The van der Waals surface area contributed by atoms with E-state index >= 15 is 0 Å². The number of likely N-dealkylation sites (tertiary alicyclic amines) is 1. The van der Waals surface area contributed by atoms with Gasteiger partial charge in [-0.1, -0.05) is 34.1 Å². The molecule has 1 aliphatic rings. The van der Waals surface area contributed by atoms with E-state index in [-0.39, 0.29) is 0 Å². The summed E-state index contributed by atoms with van der Waals surface area (Å²) in [6.45, 7) is 12.4. The first kappa shape index (κ1) is 13.0. The standard InChI is InChI=1S/C10H21N.C2H6/c1-5-10(3)6-7-11(4)9(2)8-10;1-2/h9H,5-8H2,1-4H3;1-2H3. The first-order valence-corrected chi connectivity index (χ1v) is 5.78. The second-order valence-electron chi connectivity index (χ2n) is 4.45. The average molecular weight is 185 g/mol. The summed E-state index contributed by atoms with van der Waals surface area (Å²) in [6, 6.07) is 0.786. The molecule has 1 fully saturated rings. The third-order valence-electron chi connectivity index (χ3n) is 3.46. The van der Waals surface area contributed by atoms with Crippen LogP contribution in [0.1, 0.15) is 53.9 Å². The Hall–Kier alpha value is -0.0400. The molecule has 1 heterocycles. The average Bonchev–Trinajstić information content (AvgIpc) is 2.16. The summed E-state index contributed by atoms with van der Waals surface area (Å²) in [6.07, 6.45) is 4.09. The van der Waals surface area contributed by atoms with Gasteiger partial charge >= 0.3 is 0 Å². The Labute approximate surface area is 84.5 Å². The molecule has 0 spiro atoms. The third kappa shape index (κ3) is 3.68. The summed E-state index contributed by atoms with van der Waals surface area (Å²) in [7, 11) is 2.24. The SMILES string of the molecule is CC.CCC1(C)CCN(C)C(C)C1. The van der Waals surface area contributed by atoms with E-state index < -0.39 is 0 Å². The molecule has 1 aliphatic heterocycles. The van der Waals surface area contributed by atoms with Gasteiger partial charge in [-0.25, -0.2) is 0 Å². The largest absolute Gasteiger partial charge is 0.304 e. The molecule has 0 aliphatic carbocycles. The molecule has 80 valence electrons. The maximum absolute atomic E-state index is 2.47. The van der Waals surface area contributed by atoms with Gasteiger partial charge in [-0.05, 0) is 38.8 Å². The maximum atomic E-state index is 2.47. The highest BCUT2D eigenvalue weighted by atomic mass is 15.1. The Morgan fingerprint density at radius 1 is 1.38 bits per heavy atom. The van der Waals surface area contributed by atoms with E-state index in [0.717, 1.165) is 6.04 Å². The van der Waals surface area contributed by atoms with Crippen molar-refractivity contribution in [2.75, 3.05) is 13.6 Å². The van der Waals surface area contributed by atoms with E-state index in [0.29, 0.717) is 5.41 Å². The summed E-state index contributed by atoms with van der Waals surface area (Å²) >= 11 is 0. The van der Waals surface area contributed by atoms with Gasteiger partial charge in [0.15, 0.2) is 0 Å². The number of hydrogen-bond acceptors (Lipinski definition) is 1. The minimum absolute atomic E-state index is 0.631. The molecule has 0 amide bonds. The van der Waals surface area contributed by atoms with Crippen molar-refractivity contribution in [3.8, 4) is 0 Å². The Bertz CT molecular complexity index is 133. The molecule has 2 unspecified atom stereocenters. The smallest absolute Gasteiger partial charge is 0.00690 e. The van der Waals surface area contributed by atoms with Gasteiger partial charge in [0.2, 0.25) is 0 Å². The van der Waals surface area contributed by atoms with Crippen molar-refractivity contribution in [2.45, 2.75) is 59.9 Å². The molecule has 0 bridgehead atoms. The zero-order valence-electron chi connectivity index (χ0n) is 10.4. The Balaban J connectivity index is 0.000000671. The van der Waals surface area contributed by atoms with E-state index in [2.05, 4.69) is 32.7 Å². The molecule has 1 saturated heterocycles. The van der Waals surface area contributed by atoms with Gasteiger partial charge in [-0.2, -0.15) is 0 Å². The van der Waals surface area contributed by atoms with Crippen molar-refractivity contribution < 1.29 is 0 Å². The Morgan fingerprint density at radius 3 is 2.31 bits per heavy atom. The first-order chi connectivity index (χ1) is 6.07. The minimum atomic E-state index is 0.631. The number of piperidine rings is 1. The normalized spacial score (nSPS) is 35.1. The second kappa shape index (κ2) is 5.64. The molecule has 0 radical (unpaired) electrons.